The number of hydrogen-bond acceptors (Lipinski definition) is 5. The minimum atomic E-state index is -3.10. The molecule has 2 amide bonds. The molecule has 36 heavy (non-hydrogen) atoms. The zero-order valence-electron chi connectivity index (χ0n) is 20.4. The first-order valence-corrected chi connectivity index (χ1v) is 12.3. The first kappa shape index (κ1) is 26.3. The van der Waals surface area contributed by atoms with Crippen molar-refractivity contribution in [3.05, 3.63) is 41.2 Å². The van der Waals surface area contributed by atoms with Crippen molar-refractivity contribution in [1.29, 1.82) is 0 Å². The van der Waals surface area contributed by atoms with Crippen LogP contribution < -0.4 is 11.1 Å². The van der Waals surface area contributed by atoms with Crippen LogP contribution in [0, 0.1) is 11.2 Å². The number of likely N-dealkylation sites (tertiary alicyclic amines) is 1. The third kappa shape index (κ3) is 4.56. The van der Waals surface area contributed by atoms with Crippen molar-refractivity contribution in [2.24, 2.45) is 11.1 Å². The lowest BCUT2D eigenvalue weighted by molar-refractivity contribution is -0.200. The van der Waals surface area contributed by atoms with Crippen molar-refractivity contribution >= 4 is 23.8 Å². The van der Waals surface area contributed by atoms with E-state index in [2.05, 4.69) is 5.32 Å². The zero-order valence-corrected chi connectivity index (χ0v) is 20.4. The Morgan fingerprint density at radius 3 is 2.72 bits per heavy atom. The number of aldehydes is 1. The molecular weight excluding hydrogens is 475 g/mol. The topological polar surface area (TPSA) is 102 Å². The van der Waals surface area contributed by atoms with E-state index in [4.69, 9.17) is 10.5 Å². The minimum absolute atomic E-state index is 0.0144. The number of benzene rings is 1. The highest BCUT2D eigenvalue weighted by molar-refractivity contribution is 5.99. The second-order valence-electron chi connectivity index (χ2n) is 10.5. The summed E-state index contributed by atoms with van der Waals surface area (Å²) in [6.07, 6.45) is 4.71. The molecule has 1 aliphatic heterocycles. The molecule has 3 aliphatic rings. The number of aryl methyl sites for hydroxylation is 1. The third-order valence-corrected chi connectivity index (χ3v) is 7.83. The highest BCUT2D eigenvalue weighted by Gasteiger charge is 2.60. The summed E-state index contributed by atoms with van der Waals surface area (Å²) in [6.45, 7) is 0.977. The van der Waals surface area contributed by atoms with Gasteiger partial charge < -0.3 is 25.5 Å². The number of ether oxygens (including phenoxy) is 1. The number of unbranched alkanes of at least 4 members (excludes halogenated alkanes) is 1. The Bertz CT molecular complexity index is 1080. The lowest BCUT2D eigenvalue weighted by Crippen LogP contribution is -2.72. The molecule has 0 radical (unpaired) electrons. The van der Waals surface area contributed by atoms with Gasteiger partial charge in [-0.1, -0.05) is 26.0 Å². The Hall–Kier alpha value is -2.72. The fraction of sp³-hybridized carbons (Fsp3) is 0.577. The predicted octanol–water partition coefficient (Wildman–Crippen LogP) is 3.45. The Kier molecular flexibility index (Phi) is 7.30. The van der Waals surface area contributed by atoms with E-state index in [1.807, 2.05) is 13.8 Å². The number of piperidine rings is 1. The molecule has 4 rings (SSSR count). The predicted molar refractivity (Wildman–Crippen MR) is 127 cm³/mol. The van der Waals surface area contributed by atoms with E-state index < -0.39 is 41.9 Å². The number of hydrogen-bond donors (Lipinski definition) is 2. The van der Waals surface area contributed by atoms with Gasteiger partial charge in [-0.25, -0.2) is 4.39 Å². The maximum absolute atomic E-state index is 15.0. The lowest BCUT2D eigenvalue weighted by Gasteiger charge is -2.56. The van der Waals surface area contributed by atoms with Crippen molar-refractivity contribution in [2.45, 2.75) is 82.6 Å². The van der Waals surface area contributed by atoms with Crippen molar-refractivity contribution in [3.8, 4) is 0 Å². The molecule has 0 bridgehead atoms. The standard InChI is InChI=1S/C26H32F3N3O4/c1-25(2)9-6-15-13-16(14-17(27)21(15)25)31-23(35)22-26(10-7-19(26)36-24(28)29)18(30)8-11-32(22)20(34)5-3-4-12-33/h7,10,12-14,18-19,22,24H,3-6,8-9,11,30H2,1-2H3,(H,31,35)/t18?,19?,22?,26-/m0/s1. The molecule has 3 N–H and O–H groups in total. The van der Waals surface area contributed by atoms with Gasteiger partial charge in [0.2, 0.25) is 11.8 Å². The lowest BCUT2D eigenvalue weighted by atomic mass is 9.59. The maximum atomic E-state index is 15.0. The van der Waals surface area contributed by atoms with E-state index in [0.717, 1.165) is 12.0 Å². The molecule has 1 aromatic carbocycles. The van der Waals surface area contributed by atoms with Gasteiger partial charge in [0.15, 0.2) is 0 Å². The van der Waals surface area contributed by atoms with E-state index in [1.54, 1.807) is 12.1 Å². The number of nitrogens with zero attached hydrogens (tertiary/aromatic N) is 1. The summed E-state index contributed by atoms with van der Waals surface area (Å²) in [6, 6.07) is 1.00. The van der Waals surface area contributed by atoms with Crippen molar-refractivity contribution in [1.82, 2.24) is 4.90 Å². The molecule has 1 fully saturated rings. The van der Waals surface area contributed by atoms with Crippen LogP contribution >= 0.6 is 0 Å². The Balaban J connectivity index is 1.67. The number of fused-ring (bicyclic) bond motifs is 1. The van der Waals surface area contributed by atoms with Gasteiger partial charge in [0.1, 0.15) is 18.1 Å². The second-order valence-corrected chi connectivity index (χ2v) is 10.5. The molecule has 1 saturated heterocycles. The fourth-order valence-electron chi connectivity index (χ4n) is 5.97. The van der Waals surface area contributed by atoms with Crippen LogP contribution in [0.5, 0.6) is 0 Å². The molecule has 4 atom stereocenters. The van der Waals surface area contributed by atoms with Gasteiger partial charge in [0.25, 0.3) is 0 Å². The summed E-state index contributed by atoms with van der Waals surface area (Å²) in [4.78, 5) is 38.9. The van der Waals surface area contributed by atoms with Crippen molar-refractivity contribution in [3.63, 3.8) is 0 Å². The Morgan fingerprint density at radius 2 is 2.08 bits per heavy atom. The number of nitrogens with one attached hydrogen (secondary N) is 1. The number of amides is 2. The maximum Gasteiger partial charge on any atom is 0.345 e. The smallest absolute Gasteiger partial charge is 0.330 e. The first-order chi connectivity index (χ1) is 17.0. The average molecular weight is 508 g/mol. The number of rotatable bonds is 8. The molecular formula is C26H32F3N3O4. The summed E-state index contributed by atoms with van der Waals surface area (Å²) in [5, 5.41) is 2.72. The van der Waals surface area contributed by atoms with Crippen LogP contribution in [-0.2, 0) is 31.0 Å². The fourth-order valence-corrected chi connectivity index (χ4v) is 5.97. The molecule has 0 aromatic heterocycles. The van der Waals surface area contributed by atoms with Gasteiger partial charge in [-0.2, -0.15) is 8.78 Å². The van der Waals surface area contributed by atoms with E-state index in [1.165, 1.54) is 17.0 Å². The van der Waals surface area contributed by atoms with Crippen LogP contribution in [0.4, 0.5) is 18.9 Å². The molecule has 7 nitrogen and oxygen atoms in total. The molecule has 10 heteroatoms. The van der Waals surface area contributed by atoms with Crippen LogP contribution in [0.2, 0.25) is 0 Å². The first-order valence-electron chi connectivity index (χ1n) is 12.3. The van der Waals surface area contributed by atoms with E-state index >= 15 is 4.39 Å². The third-order valence-electron chi connectivity index (χ3n) is 7.83. The molecule has 3 unspecified atom stereocenters. The summed E-state index contributed by atoms with van der Waals surface area (Å²) in [7, 11) is 0. The van der Waals surface area contributed by atoms with Crippen LogP contribution in [-0.4, -0.2) is 54.3 Å². The summed E-state index contributed by atoms with van der Waals surface area (Å²) < 4.78 is 46.2. The van der Waals surface area contributed by atoms with Gasteiger partial charge in [-0.3, -0.25) is 9.59 Å². The van der Waals surface area contributed by atoms with Crippen molar-refractivity contribution in [2.75, 3.05) is 11.9 Å². The van der Waals surface area contributed by atoms with E-state index in [-0.39, 0.29) is 42.8 Å². The monoisotopic (exact) mass is 507 g/mol. The molecule has 1 heterocycles. The molecule has 1 aromatic rings. The molecule has 2 aliphatic carbocycles. The summed E-state index contributed by atoms with van der Waals surface area (Å²) >= 11 is 0. The van der Waals surface area contributed by atoms with E-state index in [0.29, 0.717) is 24.7 Å². The van der Waals surface area contributed by atoms with Crippen LogP contribution in [0.25, 0.3) is 0 Å². The molecule has 196 valence electrons. The molecule has 1 spiro atoms. The summed E-state index contributed by atoms with van der Waals surface area (Å²) in [5.74, 6) is -1.47. The highest BCUT2D eigenvalue weighted by atomic mass is 19.3. The van der Waals surface area contributed by atoms with E-state index in [9.17, 15) is 23.2 Å². The number of nitrogens with two attached hydrogens (primary N) is 1. The SMILES string of the molecule is CC1(C)CCc2cc(NC(=O)C3N(C(=O)CCCC=O)CCC(N)[C@]34C=CC4OC(F)F)cc(F)c21. The number of carbonyl (C=O) groups excluding carboxylic acids is 3. The zero-order chi connectivity index (χ0) is 26.3. The van der Waals surface area contributed by atoms with Crippen LogP contribution in [0.3, 0.4) is 0 Å². The average Bonchev–Trinajstić information content (AvgIpc) is 3.11. The van der Waals surface area contributed by atoms with Gasteiger partial charge >= 0.3 is 6.61 Å². The Labute approximate surface area is 208 Å². The second kappa shape index (κ2) is 9.97. The van der Waals surface area contributed by atoms with Crippen LogP contribution in [0.15, 0.2) is 24.3 Å². The number of anilines is 1. The summed E-state index contributed by atoms with van der Waals surface area (Å²) in [5.41, 5.74) is 6.34. The van der Waals surface area contributed by atoms with Gasteiger partial charge in [-0.15, -0.1) is 0 Å². The van der Waals surface area contributed by atoms with Gasteiger partial charge in [0, 0.05) is 31.1 Å². The molecule has 0 saturated carbocycles. The van der Waals surface area contributed by atoms with Crippen LogP contribution in [0.1, 0.15) is 57.1 Å². The Morgan fingerprint density at radius 1 is 1.33 bits per heavy atom. The number of alkyl halides is 2. The number of carbonyl (C=O) groups is 3. The minimum Gasteiger partial charge on any atom is -0.330 e. The van der Waals surface area contributed by atoms with Gasteiger partial charge in [-0.05, 0) is 54.4 Å². The van der Waals surface area contributed by atoms with Gasteiger partial charge in [0.05, 0.1) is 11.5 Å². The number of halogens is 3. The highest BCUT2D eigenvalue weighted by Crippen LogP contribution is 2.49. The largest absolute Gasteiger partial charge is 0.345 e. The normalized spacial score (nSPS) is 28.2. The van der Waals surface area contributed by atoms with Crippen molar-refractivity contribution < 1.29 is 32.3 Å². The quantitative estimate of drug-likeness (QED) is 0.319.